The summed E-state index contributed by atoms with van der Waals surface area (Å²) in [5.41, 5.74) is 1.81. The summed E-state index contributed by atoms with van der Waals surface area (Å²) in [6.45, 7) is 3.20. The van der Waals surface area contributed by atoms with Crippen LogP contribution < -0.4 is 9.62 Å². The molecule has 7 nitrogen and oxygen atoms in total. The van der Waals surface area contributed by atoms with Crippen LogP contribution in [0.5, 0.6) is 0 Å². The van der Waals surface area contributed by atoms with Gasteiger partial charge in [0.25, 0.3) is 10.0 Å². The molecule has 1 atom stereocenters. The summed E-state index contributed by atoms with van der Waals surface area (Å²) >= 11 is 12.4. The molecular weight excluding hydrogens is 605 g/mol. The first-order valence-electron chi connectivity index (χ1n) is 13.8. The van der Waals surface area contributed by atoms with E-state index in [1.165, 1.54) is 35.2 Å². The van der Waals surface area contributed by atoms with Crippen molar-refractivity contribution in [2.75, 3.05) is 10.8 Å². The van der Waals surface area contributed by atoms with Gasteiger partial charge in [-0.05, 0) is 55.3 Å². The number of halogens is 2. The van der Waals surface area contributed by atoms with Gasteiger partial charge in [-0.25, -0.2) is 8.42 Å². The van der Waals surface area contributed by atoms with Crippen molar-refractivity contribution in [3.05, 3.63) is 130 Å². The second-order valence-electron chi connectivity index (χ2n) is 10.3. The van der Waals surface area contributed by atoms with Gasteiger partial charge in [-0.2, -0.15) is 0 Å². The fourth-order valence-electron chi connectivity index (χ4n) is 4.60. The Morgan fingerprint density at radius 3 is 1.88 bits per heavy atom. The zero-order valence-corrected chi connectivity index (χ0v) is 26.2. The van der Waals surface area contributed by atoms with E-state index in [1.807, 2.05) is 74.5 Å². The van der Waals surface area contributed by atoms with Gasteiger partial charge >= 0.3 is 0 Å². The predicted molar refractivity (Wildman–Crippen MR) is 172 cm³/mol. The molecule has 43 heavy (non-hydrogen) atoms. The molecule has 4 aromatic rings. The number of nitrogens with zero attached hydrogens (tertiary/aromatic N) is 2. The van der Waals surface area contributed by atoms with Crippen LogP contribution >= 0.6 is 23.2 Å². The van der Waals surface area contributed by atoms with Crippen molar-refractivity contribution in [2.45, 2.75) is 43.8 Å². The molecule has 0 radical (unpaired) electrons. The van der Waals surface area contributed by atoms with E-state index >= 15 is 0 Å². The smallest absolute Gasteiger partial charge is 0.264 e. The van der Waals surface area contributed by atoms with Crippen LogP contribution in [0.2, 0.25) is 10.0 Å². The minimum Gasteiger partial charge on any atom is -0.352 e. The zero-order valence-electron chi connectivity index (χ0n) is 23.9. The van der Waals surface area contributed by atoms with Crippen LogP contribution in [0.4, 0.5) is 5.69 Å². The highest BCUT2D eigenvalue weighted by Gasteiger charge is 2.35. The lowest BCUT2D eigenvalue weighted by atomic mass is 10.0. The van der Waals surface area contributed by atoms with E-state index in [-0.39, 0.29) is 45.5 Å². The number of anilines is 1. The molecule has 0 spiro atoms. The summed E-state index contributed by atoms with van der Waals surface area (Å²) in [6.07, 6.45) is 0.232. The average Bonchev–Trinajstić information content (AvgIpc) is 3.00. The zero-order chi connectivity index (χ0) is 31.0. The monoisotopic (exact) mass is 637 g/mol. The fourth-order valence-corrected chi connectivity index (χ4v) is 6.32. The number of carbonyl (C=O) groups excluding carboxylic acids is 2. The molecule has 0 bridgehead atoms. The molecule has 10 heteroatoms. The van der Waals surface area contributed by atoms with E-state index in [4.69, 9.17) is 23.2 Å². The molecule has 4 rings (SSSR count). The van der Waals surface area contributed by atoms with E-state index in [9.17, 15) is 18.0 Å². The van der Waals surface area contributed by atoms with E-state index in [2.05, 4.69) is 5.32 Å². The molecule has 0 aliphatic heterocycles. The maximum atomic E-state index is 14.4. The van der Waals surface area contributed by atoms with Crippen molar-refractivity contribution < 1.29 is 18.0 Å². The predicted octanol–water partition coefficient (Wildman–Crippen LogP) is 6.35. The maximum absolute atomic E-state index is 14.4. The number of hydrogen-bond acceptors (Lipinski definition) is 4. The number of amides is 2. The van der Waals surface area contributed by atoms with E-state index < -0.39 is 28.5 Å². The normalized spacial score (nSPS) is 12.0. The van der Waals surface area contributed by atoms with Crippen molar-refractivity contribution in [3.63, 3.8) is 0 Å². The first kappa shape index (κ1) is 32.1. The van der Waals surface area contributed by atoms with Crippen LogP contribution in [0.1, 0.15) is 25.0 Å². The molecule has 2 amide bonds. The SMILES string of the molecule is CC(C)NC(=O)C(Cc1ccccc1)N(Cc1ccccc1)C(=O)CN(c1ccc(Cl)c(Cl)c1)S(=O)(=O)c1ccccc1. The van der Waals surface area contributed by atoms with Gasteiger partial charge < -0.3 is 10.2 Å². The number of rotatable bonds is 12. The summed E-state index contributed by atoms with van der Waals surface area (Å²) < 4.78 is 29.0. The van der Waals surface area contributed by atoms with Gasteiger partial charge in [-0.15, -0.1) is 0 Å². The van der Waals surface area contributed by atoms with Gasteiger partial charge in [0.1, 0.15) is 12.6 Å². The van der Waals surface area contributed by atoms with Gasteiger partial charge in [-0.3, -0.25) is 13.9 Å². The minimum absolute atomic E-state index is 0.00173. The number of carbonyl (C=O) groups is 2. The Morgan fingerprint density at radius 2 is 1.33 bits per heavy atom. The summed E-state index contributed by atoms with van der Waals surface area (Å²) in [5, 5.41) is 3.32. The lowest BCUT2D eigenvalue weighted by molar-refractivity contribution is -0.140. The van der Waals surface area contributed by atoms with Crippen molar-refractivity contribution in [1.82, 2.24) is 10.2 Å². The van der Waals surface area contributed by atoms with Crippen molar-refractivity contribution >= 4 is 50.7 Å². The van der Waals surface area contributed by atoms with Crippen molar-refractivity contribution in [2.24, 2.45) is 0 Å². The number of hydrogen-bond donors (Lipinski definition) is 1. The largest absolute Gasteiger partial charge is 0.352 e. The molecule has 0 aliphatic rings. The van der Waals surface area contributed by atoms with Gasteiger partial charge in [0.05, 0.1) is 20.6 Å². The van der Waals surface area contributed by atoms with Crippen LogP contribution in [-0.4, -0.2) is 43.8 Å². The number of nitrogens with one attached hydrogen (secondary N) is 1. The molecule has 1 N–H and O–H groups in total. The molecule has 0 aliphatic carbocycles. The Bertz CT molecular complexity index is 1640. The molecule has 0 heterocycles. The Balaban J connectivity index is 1.80. The second-order valence-corrected chi connectivity index (χ2v) is 13.0. The van der Waals surface area contributed by atoms with Gasteiger partial charge in [0.15, 0.2) is 0 Å². The van der Waals surface area contributed by atoms with Crippen LogP contribution in [-0.2, 0) is 32.6 Å². The second kappa shape index (κ2) is 14.6. The lowest BCUT2D eigenvalue weighted by Crippen LogP contribution is -2.54. The van der Waals surface area contributed by atoms with Crippen LogP contribution in [0.3, 0.4) is 0 Å². The average molecular weight is 639 g/mol. The number of sulfonamides is 1. The topological polar surface area (TPSA) is 86.8 Å². The first-order chi connectivity index (χ1) is 20.6. The highest BCUT2D eigenvalue weighted by atomic mass is 35.5. The van der Waals surface area contributed by atoms with Gasteiger partial charge in [0, 0.05) is 19.0 Å². The Kier molecular flexibility index (Phi) is 10.9. The Hall–Kier alpha value is -3.85. The summed E-state index contributed by atoms with van der Waals surface area (Å²) in [5.74, 6) is -0.899. The van der Waals surface area contributed by atoms with Crippen LogP contribution in [0.25, 0.3) is 0 Å². The highest BCUT2D eigenvalue weighted by molar-refractivity contribution is 7.92. The van der Waals surface area contributed by atoms with Crippen molar-refractivity contribution in [3.8, 4) is 0 Å². The van der Waals surface area contributed by atoms with E-state index in [1.54, 1.807) is 18.2 Å². The summed E-state index contributed by atoms with van der Waals surface area (Å²) in [4.78, 5) is 29.5. The molecule has 224 valence electrons. The maximum Gasteiger partial charge on any atom is 0.264 e. The number of benzene rings is 4. The molecule has 0 aromatic heterocycles. The third kappa shape index (κ3) is 8.38. The third-order valence-corrected chi connectivity index (χ3v) is 9.23. The van der Waals surface area contributed by atoms with Crippen molar-refractivity contribution in [1.29, 1.82) is 0 Å². The summed E-state index contributed by atoms with van der Waals surface area (Å²) in [6, 6.07) is 29.8. The molecule has 1 unspecified atom stereocenters. The minimum atomic E-state index is -4.23. The first-order valence-corrected chi connectivity index (χ1v) is 16.0. The van der Waals surface area contributed by atoms with Crippen LogP contribution in [0, 0.1) is 0 Å². The quantitative estimate of drug-likeness (QED) is 0.196. The van der Waals surface area contributed by atoms with Gasteiger partial charge in [-0.1, -0.05) is 102 Å². The molecule has 4 aromatic carbocycles. The molecule has 0 saturated heterocycles. The van der Waals surface area contributed by atoms with Crippen LogP contribution in [0.15, 0.2) is 114 Å². The van der Waals surface area contributed by atoms with E-state index in [0.717, 1.165) is 15.4 Å². The summed E-state index contributed by atoms with van der Waals surface area (Å²) in [7, 11) is -4.23. The third-order valence-electron chi connectivity index (χ3n) is 6.70. The highest BCUT2D eigenvalue weighted by Crippen LogP contribution is 2.31. The lowest BCUT2D eigenvalue weighted by Gasteiger charge is -2.34. The van der Waals surface area contributed by atoms with Gasteiger partial charge in [0.2, 0.25) is 11.8 Å². The Labute approximate surface area is 263 Å². The molecule has 0 saturated carbocycles. The van der Waals surface area contributed by atoms with E-state index in [0.29, 0.717) is 0 Å². The molecular formula is C33H33Cl2N3O4S. The standard InChI is InChI=1S/C33H33Cl2N3O4S/c1-24(2)36-33(40)31(20-25-12-6-3-7-13-25)37(22-26-14-8-4-9-15-26)32(39)23-38(27-18-19-29(34)30(35)21-27)43(41,42)28-16-10-5-11-17-28/h3-19,21,24,31H,20,22-23H2,1-2H3,(H,36,40). The fraction of sp³-hybridized carbons (Fsp3) is 0.212. The molecule has 0 fully saturated rings. The Morgan fingerprint density at radius 1 is 0.767 bits per heavy atom.